The van der Waals surface area contributed by atoms with E-state index in [-0.39, 0.29) is 30.2 Å². The van der Waals surface area contributed by atoms with E-state index in [0.29, 0.717) is 22.1 Å². The van der Waals surface area contributed by atoms with Crippen LogP contribution in [0.5, 0.6) is 11.5 Å². The van der Waals surface area contributed by atoms with Gasteiger partial charge in [-0.25, -0.2) is 0 Å². The highest BCUT2D eigenvalue weighted by molar-refractivity contribution is 6.44. The van der Waals surface area contributed by atoms with Gasteiger partial charge in [0.2, 0.25) is 5.91 Å². The summed E-state index contributed by atoms with van der Waals surface area (Å²) in [5, 5.41) is 5.79. The average Bonchev–Trinajstić information content (AvgIpc) is 2.83. The van der Waals surface area contributed by atoms with Gasteiger partial charge in [-0.05, 0) is 61.9 Å². The summed E-state index contributed by atoms with van der Waals surface area (Å²) in [4.78, 5) is 36.0. The number of aryl methyl sites for hydroxylation is 1. The Hall–Kier alpha value is -3.55. The summed E-state index contributed by atoms with van der Waals surface area (Å²) in [5.41, 5.74) is 2.09. The predicted octanol–water partition coefficient (Wildman–Crippen LogP) is 6.38. The van der Waals surface area contributed by atoms with Crippen LogP contribution in [0.4, 0.5) is 11.4 Å². The Morgan fingerprint density at radius 3 is 2.14 bits per heavy atom. The molecule has 9 heteroatoms. The Morgan fingerprint density at radius 1 is 0.800 bits per heavy atom. The monoisotopic (exact) mass is 514 g/mol. The van der Waals surface area contributed by atoms with Crippen molar-refractivity contribution in [2.75, 3.05) is 17.2 Å². The van der Waals surface area contributed by atoms with E-state index in [0.717, 1.165) is 11.3 Å². The molecule has 0 bridgehead atoms. The van der Waals surface area contributed by atoms with Gasteiger partial charge in [-0.1, -0.05) is 47.0 Å². The summed E-state index contributed by atoms with van der Waals surface area (Å²) in [6.45, 7) is 1.54. The smallest absolute Gasteiger partial charge is 0.306 e. The summed E-state index contributed by atoms with van der Waals surface area (Å²) >= 11 is 11.9. The standard InChI is InChI=1S/C26H24Cl2N2O5/c1-17-8-12-19(13-9-17)35-20-14-10-18(11-15-20)29-23(31)6-3-7-25(33)34-16-24(32)30-22-5-2-4-21(27)26(22)28/h2,4-5,8-15H,3,6-7,16H2,1H3,(H,29,31)(H,30,32). The van der Waals surface area contributed by atoms with Gasteiger partial charge in [0, 0.05) is 18.5 Å². The lowest BCUT2D eigenvalue weighted by Gasteiger charge is -2.09. The molecule has 2 amide bonds. The second-order valence-corrected chi connectivity index (χ2v) is 8.44. The number of benzene rings is 3. The molecule has 2 N–H and O–H groups in total. The van der Waals surface area contributed by atoms with Crippen LogP contribution in [-0.4, -0.2) is 24.4 Å². The fourth-order valence-corrected chi connectivity index (χ4v) is 3.32. The first-order valence-electron chi connectivity index (χ1n) is 10.8. The van der Waals surface area contributed by atoms with E-state index in [1.54, 1.807) is 42.5 Å². The van der Waals surface area contributed by atoms with Crippen LogP contribution in [0.25, 0.3) is 0 Å². The van der Waals surface area contributed by atoms with E-state index >= 15 is 0 Å². The highest BCUT2D eigenvalue weighted by Gasteiger charge is 2.12. The number of carbonyl (C=O) groups is 3. The van der Waals surface area contributed by atoms with Crippen molar-refractivity contribution >= 4 is 52.4 Å². The second-order valence-electron chi connectivity index (χ2n) is 7.65. The van der Waals surface area contributed by atoms with Gasteiger partial charge in [-0.2, -0.15) is 0 Å². The van der Waals surface area contributed by atoms with Gasteiger partial charge >= 0.3 is 5.97 Å². The number of carbonyl (C=O) groups excluding carboxylic acids is 3. The molecule has 0 fully saturated rings. The summed E-state index contributed by atoms with van der Waals surface area (Å²) in [6, 6.07) is 19.5. The molecule has 0 saturated carbocycles. The first kappa shape index (κ1) is 26.1. The van der Waals surface area contributed by atoms with E-state index in [9.17, 15) is 14.4 Å². The van der Waals surface area contributed by atoms with E-state index < -0.39 is 18.5 Å². The van der Waals surface area contributed by atoms with Crippen molar-refractivity contribution in [2.45, 2.75) is 26.2 Å². The number of hydrogen-bond acceptors (Lipinski definition) is 5. The minimum Gasteiger partial charge on any atom is -0.457 e. The van der Waals surface area contributed by atoms with Crippen LogP contribution >= 0.6 is 23.2 Å². The Kier molecular flexibility index (Phi) is 9.52. The number of hydrogen-bond donors (Lipinski definition) is 2. The minimum atomic E-state index is -0.581. The van der Waals surface area contributed by atoms with E-state index in [1.165, 1.54) is 0 Å². The largest absolute Gasteiger partial charge is 0.457 e. The molecule has 182 valence electrons. The molecular weight excluding hydrogens is 491 g/mol. The van der Waals surface area contributed by atoms with Crippen molar-refractivity contribution in [1.82, 2.24) is 0 Å². The summed E-state index contributed by atoms with van der Waals surface area (Å²) in [5.74, 6) is 0.0115. The molecule has 0 saturated heterocycles. The van der Waals surface area contributed by atoms with Gasteiger partial charge in [0.1, 0.15) is 11.5 Å². The SMILES string of the molecule is Cc1ccc(Oc2ccc(NC(=O)CCCC(=O)OCC(=O)Nc3cccc(Cl)c3Cl)cc2)cc1. The molecule has 0 spiro atoms. The number of nitrogens with one attached hydrogen (secondary N) is 2. The number of ether oxygens (including phenoxy) is 2. The van der Waals surface area contributed by atoms with Crippen LogP contribution in [0.3, 0.4) is 0 Å². The number of esters is 1. The molecule has 3 aromatic carbocycles. The maximum atomic E-state index is 12.1. The number of halogens is 2. The quantitative estimate of drug-likeness (QED) is 0.306. The molecule has 0 aliphatic heterocycles. The van der Waals surface area contributed by atoms with Gasteiger partial charge in [-0.15, -0.1) is 0 Å². The van der Waals surface area contributed by atoms with Crippen LogP contribution in [0.2, 0.25) is 10.0 Å². The summed E-state index contributed by atoms with van der Waals surface area (Å²) in [7, 11) is 0. The zero-order valence-corrected chi connectivity index (χ0v) is 20.5. The minimum absolute atomic E-state index is 0.00193. The lowest BCUT2D eigenvalue weighted by Crippen LogP contribution is -2.21. The molecule has 0 unspecified atom stereocenters. The zero-order chi connectivity index (χ0) is 25.2. The second kappa shape index (κ2) is 12.8. The third-order valence-corrected chi connectivity index (χ3v) is 5.59. The van der Waals surface area contributed by atoms with Gasteiger partial charge < -0.3 is 20.1 Å². The fraction of sp³-hybridized carbons (Fsp3) is 0.192. The van der Waals surface area contributed by atoms with Crippen LogP contribution in [0.15, 0.2) is 66.7 Å². The van der Waals surface area contributed by atoms with Crippen LogP contribution in [-0.2, 0) is 19.1 Å². The molecule has 35 heavy (non-hydrogen) atoms. The molecular formula is C26H24Cl2N2O5. The van der Waals surface area contributed by atoms with Crippen molar-refractivity contribution in [1.29, 1.82) is 0 Å². The number of anilines is 2. The third kappa shape index (κ3) is 8.63. The van der Waals surface area contributed by atoms with E-state index in [4.69, 9.17) is 32.7 Å². The molecule has 3 aromatic rings. The van der Waals surface area contributed by atoms with Gasteiger partial charge in [0.15, 0.2) is 6.61 Å². The first-order valence-corrected chi connectivity index (χ1v) is 11.6. The van der Waals surface area contributed by atoms with Crippen molar-refractivity contribution in [3.63, 3.8) is 0 Å². The van der Waals surface area contributed by atoms with E-state index in [1.807, 2.05) is 31.2 Å². The molecule has 0 aliphatic rings. The Balaban J connectivity index is 1.33. The van der Waals surface area contributed by atoms with Gasteiger partial charge in [0.05, 0.1) is 15.7 Å². The lowest BCUT2D eigenvalue weighted by atomic mass is 10.2. The molecule has 0 aromatic heterocycles. The van der Waals surface area contributed by atoms with Crippen molar-refractivity contribution < 1.29 is 23.9 Å². The molecule has 0 radical (unpaired) electrons. The topological polar surface area (TPSA) is 93.7 Å². The predicted molar refractivity (Wildman–Crippen MR) is 136 cm³/mol. The zero-order valence-electron chi connectivity index (χ0n) is 19.0. The van der Waals surface area contributed by atoms with Crippen LogP contribution in [0.1, 0.15) is 24.8 Å². The average molecular weight is 515 g/mol. The van der Waals surface area contributed by atoms with Crippen molar-refractivity contribution in [3.05, 3.63) is 82.3 Å². The molecule has 3 rings (SSSR count). The normalized spacial score (nSPS) is 10.4. The Bertz CT molecular complexity index is 1180. The van der Waals surface area contributed by atoms with Gasteiger partial charge in [-0.3, -0.25) is 14.4 Å². The lowest BCUT2D eigenvalue weighted by molar-refractivity contribution is -0.147. The van der Waals surface area contributed by atoms with Crippen LogP contribution < -0.4 is 15.4 Å². The number of amides is 2. The maximum absolute atomic E-state index is 12.1. The Morgan fingerprint density at radius 2 is 1.46 bits per heavy atom. The summed E-state index contributed by atoms with van der Waals surface area (Å²) < 4.78 is 10.7. The maximum Gasteiger partial charge on any atom is 0.306 e. The molecule has 0 atom stereocenters. The molecule has 0 aliphatic carbocycles. The Labute approximate surface area is 213 Å². The highest BCUT2D eigenvalue weighted by atomic mass is 35.5. The number of rotatable bonds is 10. The summed E-state index contributed by atoms with van der Waals surface area (Å²) in [6.07, 6.45) is 0.407. The third-order valence-electron chi connectivity index (χ3n) is 4.77. The first-order chi connectivity index (χ1) is 16.8. The van der Waals surface area contributed by atoms with Crippen molar-refractivity contribution in [3.8, 4) is 11.5 Å². The highest BCUT2D eigenvalue weighted by Crippen LogP contribution is 2.29. The fourth-order valence-electron chi connectivity index (χ4n) is 2.97. The van der Waals surface area contributed by atoms with E-state index in [2.05, 4.69) is 10.6 Å². The molecule has 0 heterocycles. The van der Waals surface area contributed by atoms with Crippen molar-refractivity contribution in [2.24, 2.45) is 0 Å². The van der Waals surface area contributed by atoms with Crippen LogP contribution in [0, 0.1) is 6.92 Å². The van der Waals surface area contributed by atoms with Gasteiger partial charge in [0.25, 0.3) is 5.91 Å². The molecule has 7 nitrogen and oxygen atoms in total.